The van der Waals surface area contributed by atoms with Crippen molar-refractivity contribution in [1.29, 1.82) is 0 Å². The van der Waals surface area contributed by atoms with Gasteiger partial charge in [0.2, 0.25) is 0 Å². The molecule has 5 nitrogen and oxygen atoms in total. The number of amides is 2. The topological polar surface area (TPSA) is 59.0 Å². The summed E-state index contributed by atoms with van der Waals surface area (Å²) in [5.41, 5.74) is 6.34. The highest BCUT2D eigenvalue weighted by Crippen LogP contribution is 2.61. The quantitative estimate of drug-likeness (QED) is 0.156. The molecule has 3 aliphatic carbocycles. The molecule has 198 valence electrons. The van der Waals surface area contributed by atoms with Crippen LogP contribution in [0.3, 0.4) is 0 Å². The summed E-state index contributed by atoms with van der Waals surface area (Å²) in [5.74, 6) is -1.02. The summed E-state index contributed by atoms with van der Waals surface area (Å²) in [6, 6.07) is 28.1. The molecule has 1 heterocycles. The fraction of sp³-hybridized carbons (Fsp3) is 0.156. The number of imide groups is 1. The summed E-state index contributed by atoms with van der Waals surface area (Å²) in [6.45, 7) is 0.407. The SMILES string of the molecule is O=C1[C@@H]2C3c4ccccc4C(c4ccccc43)[C@@H]2C(=O)N1/N=C\c1cc(Br)c(OCc2ccc(Br)cc2)c(Br)c1. The maximum absolute atomic E-state index is 13.8. The molecule has 2 amide bonds. The van der Waals surface area contributed by atoms with Gasteiger partial charge in [-0.15, -0.1) is 0 Å². The van der Waals surface area contributed by atoms with E-state index in [1.807, 2.05) is 60.7 Å². The zero-order chi connectivity index (χ0) is 27.5. The molecule has 0 radical (unpaired) electrons. The predicted molar refractivity (Wildman–Crippen MR) is 163 cm³/mol. The molecular formula is C32H21Br3N2O3. The van der Waals surface area contributed by atoms with E-state index in [0.29, 0.717) is 12.4 Å². The van der Waals surface area contributed by atoms with Crippen molar-refractivity contribution in [3.05, 3.63) is 132 Å². The van der Waals surface area contributed by atoms with Gasteiger partial charge in [0.05, 0.1) is 27.0 Å². The predicted octanol–water partition coefficient (Wildman–Crippen LogP) is 7.78. The van der Waals surface area contributed by atoms with E-state index in [0.717, 1.165) is 51.8 Å². The van der Waals surface area contributed by atoms with E-state index in [2.05, 4.69) is 77.2 Å². The van der Waals surface area contributed by atoms with Crippen LogP contribution in [0.15, 0.2) is 103 Å². The first-order valence-corrected chi connectivity index (χ1v) is 15.3. The second-order valence-electron chi connectivity index (χ2n) is 10.2. The molecule has 1 saturated heterocycles. The monoisotopic (exact) mass is 718 g/mol. The molecule has 0 aromatic heterocycles. The Morgan fingerprint density at radius 3 is 1.68 bits per heavy atom. The Labute approximate surface area is 256 Å². The van der Waals surface area contributed by atoms with Crippen LogP contribution in [0.4, 0.5) is 0 Å². The highest BCUT2D eigenvalue weighted by atomic mass is 79.9. The summed E-state index contributed by atoms with van der Waals surface area (Å²) in [5, 5.41) is 5.53. The lowest BCUT2D eigenvalue weighted by molar-refractivity contribution is -0.139. The zero-order valence-electron chi connectivity index (χ0n) is 20.9. The molecule has 0 N–H and O–H groups in total. The summed E-state index contributed by atoms with van der Waals surface area (Å²) >= 11 is 10.6. The van der Waals surface area contributed by atoms with Crippen molar-refractivity contribution < 1.29 is 14.3 Å². The molecule has 0 unspecified atom stereocenters. The number of rotatable bonds is 5. The number of hydrogen-bond acceptors (Lipinski definition) is 4. The van der Waals surface area contributed by atoms with Gasteiger partial charge in [-0.05, 0) is 89.5 Å². The van der Waals surface area contributed by atoms with Gasteiger partial charge in [0.25, 0.3) is 11.8 Å². The minimum atomic E-state index is -0.452. The first-order valence-electron chi connectivity index (χ1n) is 12.9. The third-order valence-corrected chi connectivity index (χ3v) is 9.77. The van der Waals surface area contributed by atoms with Crippen LogP contribution < -0.4 is 4.74 Å². The molecule has 1 fully saturated rings. The Morgan fingerprint density at radius 2 is 1.20 bits per heavy atom. The van der Waals surface area contributed by atoms with Crippen LogP contribution in [0.2, 0.25) is 0 Å². The van der Waals surface area contributed by atoms with Gasteiger partial charge in [-0.3, -0.25) is 9.59 Å². The van der Waals surface area contributed by atoms with Crippen molar-refractivity contribution in [1.82, 2.24) is 5.01 Å². The van der Waals surface area contributed by atoms with E-state index in [1.165, 1.54) is 0 Å². The third-order valence-electron chi connectivity index (χ3n) is 8.06. The minimum Gasteiger partial charge on any atom is -0.487 e. The fourth-order valence-corrected chi connectivity index (χ4v) is 8.14. The average Bonchev–Trinajstić information content (AvgIpc) is 3.22. The maximum Gasteiger partial charge on any atom is 0.254 e. The van der Waals surface area contributed by atoms with Gasteiger partial charge in [-0.2, -0.15) is 10.1 Å². The number of benzene rings is 4. The number of carbonyl (C=O) groups excluding carboxylic acids is 2. The molecule has 8 rings (SSSR count). The Balaban J connectivity index is 1.16. The maximum atomic E-state index is 13.8. The summed E-state index contributed by atoms with van der Waals surface area (Å²) < 4.78 is 8.52. The largest absolute Gasteiger partial charge is 0.487 e. The van der Waals surface area contributed by atoms with Gasteiger partial charge >= 0.3 is 0 Å². The van der Waals surface area contributed by atoms with E-state index >= 15 is 0 Å². The van der Waals surface area contributed by atoms with Gasteiger partial charge in [-0.25, -0.2) is 0 Å². The minimum absolute atomic E-state index is 0.149. The number of nitrogens with zero attached hydrogens (tertiary/aromatic N) is 2. The molecule has 4 aliphatic rings. The van der Waals surface area contributed by atoms with E-state index in [4.69, 9.17) is 4.74 Å². The molecule has 4 aromatic rings. The van der Waals surface area contributed by atoms with Gasteiger partial charge in [0.1, 0.15) is 12.4 Å². The van der Waals surface area contributed by atoms with Gasteiger partial charge in [0.15, 0.2) is 0 Å². The highest BCUT2D eigenvalue weighted by Gasteiger charge is 2.61. The van der Waals surface area contributed by atoms with Crippen LogP contribution in [-0.4, -0.2) is 23.0 Å². The van der Waals surface area contributed by atoms with Gasteiger partial charge in [-0.1, -0.05) is 76.6 Å². The molecule has 4 aromatic carbocycles. The second-order valence-corrected chi connectivity index (χ2v) is 12.9. The molecule has 0 saturated carbocycles. The van der Waals surface area contributed by atoms with Crippen molar-refractivity contribution in [2.24, 2.45) is 16.9 Å². The van der Waals surface area contributed by atoms with Crippen molar-refractivity contribution in [2.75, 3.05) is 0 Å². The van der Waals surface area contributed by atoms with Crippen molar-refractivity contribution in [3.63, 3.8) is 0 Å². The average molecular weight is 721 g/mol. The van der Waals surface area contributed by atoms with Gasteiger partial charge in [0, 0.05) is 16.3 Å². The molecule has 8 heteroatoms. The van der Waals surface area contributed by atoms with E-state index < -0.39 is 11.8 Å². The van der Waals surface area contributed by atoms with Crippen LogP contribution >= 0.6 is 47.8 Å². The number of hydrogen-bond donors (Lipinski definition) is 0. The van der Waals surface area contributed by atoms with Crippen LogP contribution in [0.25, 0.3) is 0 Å². The Morgan fingerprint density at radius 1 is 0.725 bits per heavy atom. The molecular weight excluding hydrogens is 700 g/mol. The fourth-order valence-electron chi connectivity index (χ4n) is 6.43. The zero-order valence-corrected chi connectivity index (χ0v) is 25.7. The third kappa shape index (κ3) is 4.11. The van der Waals surface area contributed by atoms with Crippen LogP contribution in [0.1, 0.15) is 45.2 Å². The number of carbonyl (C=O) groups is 2. The standard InChI is InChI=1S/C32H21Br3N2O3/c33-19-11-9-17(10-12-19)16-40-30-24(34)13-18(14-25(30)35)15-36-37-31(38)28-26-20-5-1-2-6-21(20)27(29(28)32(37)39)23-8-4-3-7-22(23)26/h1-15,26-29H,16H2/b36-15-/t26?,27?,28-,29+. The Bertz CT molecular complexity index is 1580. The Hall–Kier alpha value is -3.07. The first-order chi connectivity index (χ1) is 19.4. The number of ether oxygens (including phenoxy) is 1. The van der Waals surface area contributed by atoms with E-state index in [9.17, 15) is 9.59 Å². The molecule has 40 heavy (non-hydrogen) atoms. The lowest BCUT2D eigenvalue weighted by Crippen LogP contribution is -2.41. The summed E-state index contributed by atoms with van der Waals surface area (Å²) in [4.78, 5) is 27.5. The normalized spacial score (nSPS) is 22.4. The highest BCUT2D eigenvalue weighted by molar-refractivity contribution is 9.11. The van der Waals surface area contributed by atoms with Crippen molar-refractivity contribution >= 4 is 65.8 Å². The molecule has 2 bridgehead atoms. The van der Waals surface area contributed by atoms with E-state index in [1.54, 1.807) is 6.21 Å². The van der Waals surface area contributed by atoms with Crippen LogP contribution in [-0.2, 0) is 16.2 Å². The summed E-state index contributed by atoms with van der Waals surface area (Å²) in [7, 11) is 0. The lowest BCUT2D eigenvalue weighted by atomic mass is 9.55. The smallest absolute Gasteiger partial charge is 0.254 e. The van der Waals surface area contributed by atoms with E-state index in [-0.39, 0.29) is 23.7 Å². The lowest BCUT2D eigenvalue weighted by Gasteiger charge is -2.45. The second kappa shape index (κ2) is 10.1. The van der Waals surface area contributed by atoms with Gasteiger partial charge < -0.3 is 4.74 Å². The number of halogens is 3. The molecule has 1 aliphatic heterocycles. The first kappa shape index (κ1) is 25.9. The molecule has 0 spiro atoms. The summed E-state index contributed by atoms with van der Waals surface area (Å²) in [6.07, 6.45) is 1.56. The van der Waals surface area contributed by atoms with Crippen LogP contribution in [0.5, 0.6) is 5.75 Å². The molecule has 2 atom stereocenters. The van der Waals surface area contributed by atoms with Crippen molar-refractivity contribution in [2.45, 2.75) is 18.4 Å². The number of hydrazone groups is 1. The van der Waals surface area contributed by atoms with Crippen molar-refractivity contribution in [3.8, 4) is 5.75 Å². The Kier molecular flexibility index (Phi) is 6.52. The van der Waals surface area contributed by atoms with Crippen LogP contribution in [0, 0.1) is 11.8 Å².